The Balaban J connectivity index is 1.98. The summed E-state index contributed by atoms with van der Waals surface area (Å²) in [4.78, 5) is 11.9. The van der Waals surface area contributed by atoms with Crippen molar-refractivity contribution in [2.45, 2.75) is 17.3 Å². The first-order chi connectivity index (χ1) is 9.06. The van der Waals surface area contributed by atoms with Crippen LogP contribution in [0.3, 0.4) is 0 Å². The van der Waals surface area contributed by atoms with E-state index in [-0.39, 0.29) is 17.0 Å². The van der Waals surface area contributed by atoms with Crippen molar-refractivity contribution in [2.24, 2.45) is 7.05 Å². The van der Waals surface area contributed by atoms with Gasteiger partial charge in [0.2, 0.25) is 5.91 Å². The van der Waals surface area contributed by atoms with Crippen molar-refractivity contribution in [1.29, 1.82) is 0 Å². The molecule has 0 saturated heterocycles. The van der Waals surface area contributed by atoms with Crippen molar-refractivity contribution in [1.82, 2.24) is 14.8 Å². The fraction of sp³-hybridized carbons (Fsp3) is 0.250. The van der Waals surface area contributed by atoms with Crippen LogP contribution in [-0.2, 0) is 11.8 Å². The van der Waals surface area contributed by atoms with Crippen molar-refractivity contribution in [3.63, 3.8) is 0 Å². The Morgan fingerprint density at radius 2 is 2.32 bits per heavy atom. The molecule has 0 aliphatic heterocycles. The Hall–Kier alpha value is -1.89. The number of aryl methyl sites for hydroxylation is 1. The number of carbonyl (C=O) groups excluding carboxylic acids is 1. The molecule has 1 atom stereocenters. The van der Waals surface area contributed by atoms with Crippen molar-refractivity contribution >= 4 is 23.4 Å². The highest BCUT2D eigenvalue weighted by molar-refractivity contribution is 8.00. The van der Waals surface area contributed by atoms with E-state index in [1.54, 1.807) is 37.0 Å². The van der Waals surface area contributed by atoms with Crippen LogP contribution in [0.15, 0.2) is 35.7 Å². The smallest absolute Gasteiger partial charge is 0.237 e. The maximum atomic E-state index is 13.0. The molecule has 0 aliphatic rings. The van der Waals surface area contributed by atoms with Gasteiger partial charge in [-0.15, -0.1) is 10.2 Å². The van der Waals surface area contributed by atoms with Crippen LogP contribution in [0.5, 0.6) is 0 Å². The number of halogens is 1. The average molecular weight is 280 g/mol. The number of thioether (sulfide) groups is 1. The number of amides is 1. The van der Waals surface area contributed by atoms with Gasteiger partial charge in [0.15, 0.2) is 5.16 Å². The van der Waals surface area contributed by atoms with Gasteiger partial charge in [-0.1, -0.05) is 17.8 Å². The maximum absolute atomic E-state index is 13.0. The highest BCUT2D eigenvalue weighted by Crippen LogP contribution is 2.21. The molecule has 1 aromatic heterocycles. The molecule has 0 saturated carbocycles. The van der Waals surface area contributed by atoms with E-state index in [0.717, 1.165) is 0 Å². The SMILES string of the molecule is C[C@@H](Sc1nncn1C)C(=O)Nc1cccc(F)c1. The zero-order chi connectivity index (χ0) is 13.8. The van der Waals surface area contributed by atoms with Crippen LogP contribution in [-0.4, -0.2) is 25.9 Å². The van der Waals surface area contributed by atoms with E-state index in [2.05, 4.69) is 15.5 Å². The zero-order valence-corrected chi connectivity index (χ0v) is 11.3. The fourth-order valence-electron chi connectivity index (χ4n) is 1.40. The number of nitrogens with one attached hydrogen (secondary N) is 1. The Labute approximate surface area is 114 Å². The van der Waals surface area contributed by atoms with Crippen LogP contribution in [0, 0.1) is 5.82 Å². The second-order valence-corrected chi connectivity index (χ2v) is 5.29. The molecule has 0 unspecified atom stereocenters. The van der Waals surface area contributed by atoms with E-state index in [1.807, 2.05) is 0 Å². The molecule has 0 fully saturated rings. The van der Waals surface area contributed by atoms with Crippen LogP contribution in [0.4, 0.5) is 10.1 Å². The minimum atomic E-state index is -0.383. The van der Waals surface area contributed by atoms with Crippen LogP contribution < -0.4 is 5.32 Å². The van der Waals surface area contributed by atoms with Gasteiger partial charge in [0.25, 0.3) is 0 Å². The van der Waals surface area contributed by atoms with Gasteiger partial charge < -0.3 is 9.88 Å². The van der Waals surface area contributed by atoms with Gasteiger partial charge in [-0.2, -0.15) is 0 Å². The lowest BCUT2D eigenvalue weighted by atomic mass is 10.3. The quantitative estimate of drug-likeness (QED) is 0.871. The van der Waals surface area contributed by atoms with Crippen LogP contribution in [0.25, 0.3) is 0 Å². The van der Waals surface area contributed by atoms with Gasteiger partial charge in [-0.25, -0.2) is 4.39 Å². The number of hydrogen-bond donors (Lipinski definition) is 1. The molecule has 1 N–H and O–H groups in total. The summed E-state index contributed by atoms with van der Waals surface area (Å²) in [6.45, 7) is 1.76. The van der Waals surface area contributed by atoms with Gasteiger partial charge in [-0.05, 0) is 25.1 Å². The Morgan fingerprint density at radius 1 is 1.53 bits per heavy atom. The topological polar surface area (TPSA) is 59.8 Å². The third-order valence-corrected chi connectivity index (χ3v) is 3.56. The minimum absolute atomic E-state index is 0.210. The first kappa shape index (κ1) is 13.5. The van der Waals surface area contributed by atoms with E-state index in [4.69, 9.17) is 0 Å². The number of benzene rings is 1. The number of nitrogens with zero attached hydrogens (tertiary/aromatic N) is 3. The molecule has 1 aromatic carbocycles. The summed E-state index contributed by atoms with van der Waals surface area (Å²) in [5.74, 6) is -0.593. The molecule has 0 bridgehead atoms. The van der Waals surface area contributed by atoms with Crippen molar-refractivity contribution in [3.05, 3.63) is 36.4 Å². The first-order valence-electron chi connectivity index (χ1n) is 5.63. The molecule has 7 heteroatoms. The molecule has 1 heterocycles. The van der Waals surface area contributed by atoms with Crippen LogP contribution in [0.2, 0.25) is 0 Å². The highest BCUT2D eigenvalue weighted by Gasteiger charge is 2.17. The Kier molecular flexibility index (Phi) is 4.16. The molecular weight excluding hydrogens is 267 g/mol. The largest absolute Gasteiger partial charge is 0.325 e. The van der Waals surface area contributed by atoms with E-state index in [1.165, 1.54) is 23.9 Å². The fourth-order valence-corrected chi connectivity index (χ4v) is 2.19. The predicted molar refractivity (Wildman–Crippen MR) is 71.4 cm³/mol. The summed E-state index contributed by atoms with van der Waals surface area (Å²) in [5, 5.41) is 10.6. The second-order valence-electron chi connectivity index (χ2n) is 3.98. The average Bonchev–Trinajstić information content (AvgIpc) is 2.75. The molecule has 1 amide bonds. The zero-order valence-electron chi connectivity index (χ0n) is 10.5. The number of carbonyl (C=O) groups is 1. The summed E-state index contributed by atoms with van der Waals surface area (Å²) < 4.78 is 14.7. The molecular formula is C12H13FN4OS. The van der Waals surface area contributed by atoms with Gasteiger partial charge in [0.1, 0.15) is 12.1 Å². The summed E-state index contributed by atoms with van der Waals surface area (Å²) in [6, 6.07) is 5.79. The Morgan fingerprint density at radius 3 is 2.95 bits per heavy atom. The van der Waals surface area contributed by atoms with E-state index >= 15 is 0 Å². The maximum Gasteiger partial charge on any atom is 0.237 e. The molecule has 0 radical (unpaired) electrons. The second kappa shape index (κ2) is 5.83. The molecule has 19 heavy (non-hydrogen) atoms. The van der Waals surface area contributed by atoms with E-state index < -0.39 is 0 Å². The van der Waals surface area contributed by atoms with Crippen LogP contribution in [0.1, 0.15) is 6.92 Å². The normalized spacial score (nSPS) is 12.2. The van der Waals surface area contributed by atoms with E-state index in [9.17, 15) is 9.18 Å². The predicted octanol–water partition coefficient (Wildman–Crippen LogP) is 2.07. The van der Waals surface area contributed by atoms with Gasteiger partial charge in [0, 0.05) is 12.7 Å². The number of rotatable bonds is 4. The highest BCUT2D eigenvalue weighted by atomic mass is 32.2. The monoisotopic (exact) mass is 280 g/mol. The molecule has 2 aromatic rings. The standard InChI is InChI=1S/C12H13FN4OS/c1-8(19-12-16-14-7-17(12)2)11(18)15-10-5-3-4-9(13)6-10/h3-8H,1-2H3,(H,15,18)/t8-/m1/s1. The molecule has 2 rings (SSSR count). The minimum Gasteiger partial charge on any atom is -0.325 e. The Bertz CT molecular complexity index is 587. The van der Waals surface area contributed by atoms with Gasteiger partial charge in [-0.3, -0.25) is 4.79 Å². The molecule has 5 nitrogen and oxygen atoms in total. The third kappa shape index (κ3) is 3.54. The number of hydrogen-bond acceptors (Lipinski definition) is 4. The number of aromatic nitrogens is 3. The van der Waals surface area contributed by atoms with Crippen LogP contribution >= 0.6 is 11.8 Å². The number of anilines is 1. The third-order valence-electron chi connectivity index (χ3n) is 2.41. The summed E-state index contributed by atoms with van der Waals surface area (Å²) in [7, 11) is 1.81. The lowest BCUT2D eigenvalue weighted by Crippen LogP contribution is -2.22. The lowest BCUT2D eigenvalue weighted by molar-refractivity contribution is -0.115. The van der Waals surface area contributed by atoms with Gasteiger partial charge in [0.05, 0.1) is 5.25 Å². The summed E-state index contributed by atoms with van der Waals surface area (Å²) in [6.07, 6.45) is 1.57. The van der Waals surface area contributed by atoms with Gasteiger partial charge >= 0.3 is 0 Å². The summed E-state index contributed by atoms with van der Waals surface area (Å²) >= 11 is 1.29. The molecule has 100 valence electrons. The molecule has 0 aliphatic carbocycles. The molecule has 0 spiro atoms. The first-order valence-corrected chi connectivity index (χ1v) is 6.51. The van der Waals surface area contributed by atoms with Crippen molar-refractivity contribution < 1.29 is 9.18 Å². The van der Waals surface area contributed by atoms with E-state index in [0.29, 0.717) is 10.8 Å². The van der Waals surface area contributed by atoms with Crippen molar-refractivity contribution in [3.8, 4) is 0 Å². The lowest BCUT2D eigenvalue weighted by Gasteiger charge is -2.11. The van der Waals surface area contributed by atoms with Crippen molar-refractivity contribution in [2.75, 3.05) is 5.32 Å². The summed E-state index contributed by atoms with van der Waals surface area (Å²) in [5.41, 5.74) is 0.440.